The van der Waals surface area contributed by atoms with Gasteiger partial charge in [-0.3, -0.25) is 14.3 Å². The van der Waals surface area contributed by atoms with E-state index in [4.69, 9.17) is 9.72 Å². The predicted molar refractivity (Wildman–Crippen MR) is 153 cm³/mol. The van der Waals surface area contributed by atoms with Crippen molar-refractivity contribution in [2.45, 2.75) is 30.6 Å². The third-order valence-corrected chi connectivity index (χ3v) is 8.33. The molecule has 5 rings (SSSR count). The summed E-state index contributed by atoms with van der Waals surface area (Å²) >= 11 is 0. The van der Waals surface area contributed by atoms with E-state index in [9.17, 15) is 26.8 Å². The van der Waals surface area contributed by atoms with Gasteiger partial charge >= 0.3 is 0 Å². The van der Waals surface area contributed by atoms with Gasteiger partial charge in [0, 0.05) is 42.9 Å². The quantitative estimate of drug-likeness (QED) is 0.293. The van der Waals surface area contributed by atoms with Crippen LogP contribution in [-0.4, -0.2) is 65.1 Å². The maximum atomic E-state index is 14.3. The predicted octanol–water partition coefficient (Wildman–Crippen LogP) is 4.03. The van der Waals surface area contributed by atoms with Gasteiger partial charge in [-0.15, -0.1) is 0 Å². The Hall–Kier alpha value is -4.85. The van der Waals surface area contributed by atoms with Crippen molar-refractivity contribution in [3.8, 4) is 17.1 Å². The summed E-state index contributed by atoms with van der Waals surface area (Å²) < 4.78 is 61.0. The molecule has 222 valence electrons. The van der Waals surface area contributed by atoms with E-state index in [0.717, 1.165) is 12.1 Å². The monoisotopic (exact) mass is 608 g/mol. The van der Waals surface area contributed by atoms with E-state index >= 15 is 0 Å². The molecular formula is C29H26F2N6O5S. The lowest BCUT2D eigenvalue weighted by Gasteiger charge is -2.31. The number of nitrogens with zero attached hydrogens (tertiary/aromatic N) is 5. The number of carbonyl (C=O) groups excluding carboxylic acids is 2. The number of methoxy groups -OCH3 is 1. The minimum Gasteiger partial charge on any atom is -0.480 e. The smallest absolute Gasteiger partial charge is 0.264 e. The van der Waals surface area contributed by atoms with Crippen molar-refractivity contribution in [1.82, 2.24) is 24.8 Å². The minimum absolute atomic E-state index is 0.00365. The SMILES string of the molecule is COc1ncc(-c2ccc3ncnc(C4CCN(C(=O)/C=C/C(C)=O)CC4)c3n2)cc1NS(=O)(=O)c1ccc(F)cc1F. The first kappa shape index (κ1) is 29.6. The molecule has 0 saturated carbocycles. The number of anilines is 1. The van der Waals surface area contributed by atoms with Gasteiger partial charge in [-0.1, -0.05) is 0 Å². The number of hydrogen-bond acceptors (Lipinski definition) is 9. The maximum Gasteiger partial charge on any atom is 0.264 e. The highest BCUT2D eigenvalue weighted by Gasteiger charge is 2.26. The number of carbonyl (C=O) groups is 2. The number of pyridine rings is 2. The van der Waals surface area contributed by atoms with Crippen molar-refractivity contribution in [2.75, 3.05) is 24.9 Å². The first-order valence-corrected chi connectivity index (χ1v) is 14.7. The summed E-state index contributed by atoms with van der Waals surface area (Å²) in [6, 6.07) is 7.05. The summed E-state index contributed by atoms with van der Waals surface area (Å²) in [6.07, 6.45) is 6.71. The fourth-order valence-corrected chi connectivity index (χ4v) is 5.92. The molecule has 11 nitrogen and oxygen atoms in total. The molecule has 1 saturated heterocycles. The summed E-state index contributed by atoms with van der Waals surface area (Å²) in [4.78, 5) is 42.3. The third-order valence-electron chi connectivity index (χ3n) is 6.93. The molecule has 1 amide bonds. The molecule has 0 unspecified atom stereocenters. The van der Waals surface area contributed by atoms with Crippen LogP contribution in [0.2, 0.25) is 0 Å². The van der Waals surface area contributed by atoms with E-state index in [1.807, 2.05) is 0 Å². The number of benzene rings is 1. The fraction of sp³-hybridized carbons (Fsp3) is 0.241. The van der Waals surface area contributed by atoms with Crippen LogP contribution in [0, 0.1) is 11.6 Å². The molecule has 0 aliphatic carbocycles. The molecule has 0 radical (unpaired) electrons. The largest absolute Gasteiger partial charge is 0.480 e. The zero-order valence-corrected chi connectivity index (χ0v) is 23.9. The van der Waals surface area contributed by atoms with Crippen LogP contribution in [-0.2, 0) is 19.6 Å². The Balaban J connectivity index is 1.43. The minimum atomic E-state index is -4.47. The lowest BCUT2D eigenvalue weighted by molar-refractivity contribution is -0.127. The molecule has 1 aromatic carbocycles. The Bertz CT molecular complexity index is 1860. The lowest BCUT2D eigenvalue weighted by atomic mass is 9.92. The molecule has 3 aromatic heterocycles. The highest BCUT2D eigenvalue weighted by atomic mass is 32.2. The number of rotatable bonds is 8. The van der Waals surface area contributed by atoms with Crippen LogP contribution in [0.25, 0.3) is 22.3 Å². The summed E-state index contributed by atoms with van der Waals surface area (Å²) in [5, 5.41) is 0. The number of amides is 1. The highest BCUT2D eigenvalue weighted by Crippen LogP contribution is 2.33. The van der Waals surface area contributed by atoms with Gasteiger partial charge in [0.1, 0.15) is 34.1 Å². The number of fused-ring (bicyclic) bond motifs is 1. The molecule has 0 spiro atoms. The van der Waals surface area contributed by atoms with Crippen molar-refractivity contribution in [2.24, 2.45) is 0 Å². The van der Waals surface area contributed by atoms with E-state index in [1.54, 1.807) is 17.0 Å². The van der Waals surface area contributed by atoms with Crippen LogP contribution < -0.4 is 9.46 Å². The van der Waals surface area contributed by atoms with Crippen LogP contribution in [0.5, 0.6) is 5.88 Å². The Morgan fingerprint density at radius 3 is 2.51 bits per heavy atom. The number of nitrogens with one attached hydrogen (secondary N) is 1. The summed E-state index contributed by atoms with van der Waals surface area (Å²) in [6.45, 7) is 2.35. The maximum absolute atomic E-state index is 14.3. The average Bonchev–Trinajstić information content (AvgIpc) is 2.99. The van der Waals surface area contributed by atoms with Gasteiger partial charge in [0.15, 0.2) is 5.78 Å². The van der Waals surface area contributed by atoms with Gasteiger partial charge in [0.05, 0.1) is 24.0 Å². The molecule has 14 heteroatoms. The molecule has 4 heterocycles. The van der Waals surface area contributed by atoms with E-state index in [0.29, 0.717) is 60.0 Å². The van der Waals surface area contributed by atoms with Crippen molar-refractivity contribution in [3.63, 3.8) is 0 Å². The number of piperidine rings is 1. The lowest BCUT2D eigenvalue weighted by Crippen LogP contribution is -2.37. The molecular weight excluding hydrogens is 582 g/mol. The van der Waals surface area contributed by atoms with Crippen LogP contribution in [0.3, 0.4) is 0 Å². The van der Waals surface area contributed by atoms with Crippen molar-refractivity contribution >= 4 is 38.4 Å². The summed E-state index contributed by atoms with van der Waals surface area (Å²) in [5.74, 6) is -2.65. The summed E-state index contributed by atoms with van der Waals surface area (Å²) in [7, 11) is -3.17. The number of sulfonamides is 1. The van der Waals surface area contributed by atoms with Gasteiger partial charge < -0.3 is 9.64 Å². The van der Waals surface area contributed by atoms with Gasteiger partial charge in [-0.25, -0.2) is 37.1 Å². The fourth-order valence-electron chi connectivity index (χ4n) is 4.81. The van der Waals surface area contributed by atoms with Crippen LogP contribution in [0.15, 0.2) is 66.0 Å². The zero-order chi connectivity index (χ0) is 30.7. The second kappa shape index (κ2) is 12.2. The molecule has 1 aliphatic rings. The number of allylic oxidation sites excluding steroid dienone is 1. The number of hydrogen-bond donors (Lipinski definition) is 1. The molecule has 0 atom stereocenters. The van der Waals surface area contributed by atoms with Crippen molar-refractivity contribution < 1.29 is 31.5 Å². The number of halogens is 2. The topological polar surface area (TPSA) is 144 Å². The first-order valence-electron chi connectivity index (χ1n) is 13.2. The van der Waals surface area contributed by atoms with Gasteiger partial charge in [-0.05, 0) is 56.2 Å². The number of aromatic nitrogens is 4. The van der Waals surface area contributed by atoms with Gasteiger partial charge in [0.25, 0.3) is 10.0 Å². The normalized spacial score (nSPS) is 14.3. The molecule has 1 fully saturated rings. The van der Waals surface area contributed by atoms with E-state index in [-0.39, 0.29) is 29.2 Å². The standard InChI is InChI=1S/C29H26F2N6O5S/c1-17(38)3-8-26(39)37-11-9-18(10-12-37)27-28-23(33-16-34-27)6-5-22(35-28)19-13-24(29(42-2)32-15-19)36-43(40,41)25-7-4-20(30)14-21(25)31/h3-8,13-16,18,36H,9-12H2,1-2H3/b8-3+. The molecule has 43 heavy (non-hydrogen) atoms. The van der Waals surface area contributed by atoms with Crippen molar-refractivity contribution in [1.29, 1.82) is 0 Å². The van der Waals surface area contributed by atoms with Gasteiger partial charge in [0.2, 0.25) is 11.8 Å². The number of likely N-dealkylation sites (tertiary alicyclic amines) is 1. The molecule has 1 N–H and O–H groups in total. The zero-order valence-electron chi connectivity index (χ0n) is 23.1. The Morgan fingerprint density at radius 2 is 1.81 bits per heavy atom. The van der Waals surface area contributed by atoms with Crippen molar-refractivity contribution in [3.05, 3.63) is 78.4 Å². The second-order valence-corrected chi connectivity index (χ2v) is 11.5. The van der Waals surface area contributed by atoms with E-state index in [2.05, 4.69) is 19.7 Å². The first-order chi connectivity index (χ1) is 20.6. The van der Waals surface area contributed by atoms with E-state index < -0.39 is 26.6 Å². The van der Waals surface area contributed by atoms with Crippen LogP contribution in [0.4, 0.5) is 14.5 Å². The Labute approximate surface area is 245 Å². The number of ether oxygens (including phenoxy) is 1. The summed E-state index contributed by atoms with van der Waals surface area (Å²) in [5.41, 5.74) is 2.65. The Kier molecular flexibility index (Phi) is 8.39. The van der Waals surface area contributed by atoms with Gasteiger partial charge in [-0.2, -0.15) is 0 Å². The number of ketones is 1. The molecule has 0 bridgehead atoms. The van der Waals surface area contributed by atoms with Crippen LogP contribution >= 0.6 is 0 Å². The second-order valence-electron chi connectivity index (χ2n) is 9.83. The average molecular weight is 609 g/mol. The van der Waals surface area contributed by atoms with E-state index in [1.165, 1.54) is 44.8 Å². The van der Waals surface area contributed by atoms with Crippen LogP contribution in [0.1, 0.15) is 31.4 Å². The Morgan fingerprint density at radius 1 is 1.05 bits per heavy atom. The molecule has 1 aliphatic heterocycles. The molecule has 4 aromatic rings. The third kappa shape index (κ3) is 6.48. The highest BCUT2D eigenvalue weighted by molar-refractivity contribution is 7.92.